The topological polar surface area (TPSA) is 102 Å². The van der Waals surface area contributed by atoms with Gasteiger partial charge in [0.15, 0.2) is 0 Å². The number of nitrogens with two attached hydrogens (primary N) is 1. The average Bonchev–Trinajstić information content (AvgIpc) is 2.96. The number of para-hydroxylation sites is 1. The van der Waals surface area contributed by atoms with E-state index in [0.29, 0.717) is 12.2 Å². The van der Waals surface area contributed by atoms with Gasteiger partial charge in [-0.15, -0.1) is 0 Å². The molecule has 1 heterocycles. The fourth-order valence-corrected chi connectivity index (χ4v) is 3.02. The molecule has 1 aromatic heterocycles. The average molecular weight is 377 g/mol. The molecular weight excluding hydrogens is 354 g/mol. The van der Waals surface area contributed by atoms with Crippen LogP contribution in [-0.4, -0.2) is 21.7 Å². The van der Waals surface area contributed by atoms with Gasteiger partial charge in [-0.25, -0.2) is 9.48 Å². The number of carbonyl (C=O) groups is 2. The largest absolute Gasteiger partial charge is 0.352 e. The van der Waals surface area contributed by atoms with Gasteiger partial charge in [-0.05, 0) is 43.7 Å². The number of aromatic nitrogens is 2. The highest BCUT2D eigenvalue weighted by Crippen LogP contribution is 2.18. The number of aryl methyl sites for hydroxylation is 1. The van der Waals surface area contributed by atoms with E-state index in [1.165, 1.54) is 0 Å². The molecule has 0 saturated heterocycles. The maximum absolute atomic E-state index is 12.4. The first-order valence-electron chi connectivity index (χ1n) is 8.96. The molecule has 144 valence electrons. The molecule has 0 aliphatic heterocycles. The summed E-state index contributed by atoms with van der Waals surface area (Å²) in [5.74, 6) is -0.0712. The molecule has 3 rings (SSSR count). The zero-order valence-corrected chi connectivity index (χ0v) is 15.9. The van der Waals surface area contributed by atoms with Crippen LogP contribution in [0.5, 0.6) is 0 Å². The number of benzene rings is 2. The molecule has 0 radical (unpaired) electrons. The number of carbonyl (C=O) groups excluding carboxylic acids is 2. The van der Waals surface area contributed by atoms with E-state index in [1.807, 2.05) is 61.0 Å². The fraction of sp³-hybridized carbons (Fsp3) is 0.190. The Hall–Kier alpha value is -3.61. The van der Waals surface area contributed by atoms with E-state index in [-0.39, 0.29) is 12.3 Å². The number of rotatable bonds is 6. The summed E-state index contributed by atoms with van der Waals surface area (Å²) in [5.41, 5.74) is 10.3. The quantitative estimate of drug-likeness (QED) is 0.615. The van der Waals surface area contributed by atoms with Gasteiger partial charge in [0.2, 0.25) is 5.91 Å². The number of anilines is 1. The number of nitrogens with zero attached hydrogens (tertiary/aromatic N) is 2. The van der Waals surface area contributed by atoms with Crippen LogP contribution < -0.4 is 16.4 Å². The zero-order valence-electron chi connectivity index (χ0n) is 15.9. The van der Waals surface area contributed by atoms with Crippen molar-refractivity contribution >= 4 is 17.6 Å². The Morgan fingerprint density at radius 2 is 1.71 bits per heavy atom. The third-order valence-corrected chi connectivity index (χ3v) is 4.49. The Balaban J connectivity index is 1.62. The van der Waals surface area contributed by atoms with Crippen molar-refractivity contribution in [2.75, 3.05) is 5.32 Å². The van der Waals surface area contributed by atoms with Crippen molar-refractivity contribution in [2.24, 2.45) is 5.73 Å². The van der Waals surface area contributed by atoms with E-state index in [4.69, 9.17) is 5.73 Å². The van der Waals surface area contributed by atoms with Gasteiger partial charge in [0.25, 0.3) is 0 Å². The van der Waals surface area contributed by atoms with Gasteiger partial charge < -0.3 is 16.4 Å². The zero-order chi connectivity index (χ0) is 20.1. The van der Waals surface area contributed by atoms with Gasteiger partial charge in [0.1, 0.15) is 0 Å². The smallest absolute Gasteiger partial charge is 0.316 e. The number of hydrogen-bond donors (Lipinski definition) is 3. The second-order valence-corrected chi connectivity index (χ2v) is 6.54. The number of amides is 3. The van der Waals surface area contributed by atoms with Crippen molar-refractivity contribution in [1.29, 1.82) is 0 Å². The second-order valence-electron chi connectivity index (χ2n) is 6.54. The number of urea groups is 1. The minimum Gasteiger partial charge on any atom is -0.352 e. The lowest BCUT2D eigenvalue weighted by Gasteiger charge is -2.08. The summed E-state index contributed by atoms with van der Waals surface area (Å²) in [6.45, 7) is 4.29. The van der Waals surface area contributed by atoms with Crippen molar-refractivity contribution in [3.05, 3.63) is 77.1 Å². The summed E-state index contributed by atoms with van der Waals surface area (Å²) in [6.07, 6.45) is 0.270. The van der Waals surface area contributed by atoms with Crippen LogP contribution in [-0.2, 0) is 17.8 Å². The van der Waals surface area contributed by atoms with Crippen molar-refractivity contribution < 1.29 is 9.59 Å². The highest BCUT2D eigenvalue weighted by molar-refractivity contribution is 5.87. The second kappa shape index (κ2) is 8.39. The van der Waals surface area contributed by atoms with E-state index >= 15 is 0 Å². The summed E-state index contributed by atoms with van der Waals surface area (Å²) in [7, 11) is 0. The van der Waals surface area contributed by atoms with Gasteiger partial charge in [-0.2, -0.15) is 5.10 Å². The first-order valence-corrected chi connectivity index (χ1v) is 8.96. The molecule has 0 spiro atoms. The fourth-order valence-electron chi connectivity index (χ4n) is 3.02. The standard InChI is InChI=1S/C21H23N5O2/c1-14-19(15(2)26(25-14)18-6-4-3-5-7-18)12-20(27)23-13-16-8-10-17(11-9-16)24-21(22)28/h3-11H,12-13H2,1-2H3,(H,23,27)(H3,22,24,28). The van der Waals surface area contributed by atoms with E-state index in [2.05, 4.69) is 15.7 Å². The molecule has 0 atom stereocenters. The molecule has 3 aromatic rings. The van der Waals surface area contributed by atoms with Crippen molar-refractivity contribution in [2.45, 2.75) is 26.8 Å². The third kappa shape index (κ3) is 4.56. The minimum absolute atomic E-state index is 0.0712. The molecular formula is C21H23N5O2. The molecule has 0 aliphatic carbocycles. The summed E-state index contributed by atoms with van der Waals surface area (Å²) in [4.78, 5) is 23.3. The van der Waals surface area contributed by atoms with Crippen molar-refractivity contribution in [3.63, 3.8) is 0 Å². The highest BCUT2D eigenvalue weighted by atomic mass is 16.2. The lowest BCUT2D eigenvalue weighted by Crippen LogP contribution is -2.25. The van der Waals surface area contributed by atoms with Crippen LogP contribution in [0.4, 0.5) is 10.5 Å². The lowest BCUT2D eigenvalue weighted by atomic mass is 10.1. The SMILES string of the molecule is Cc1nn(-c2ccccc2)c(C)c1CC(=O)NCc1ccc(NC(N)=O)cc1. The van der Waals surface area contributed by atoms with Crippen LogP contribution in [0.15, 0.2) is 54.6 Å². The van der Waals surface area contributed by atoms with Crippen LogP contribution in [0, 0.1) is 13.8 Å². The molecule has 0 bridgehead atoms. The summed E-state index contributed by atoms with van der Waals surface area (Å²) in [6, 6.07) is 16.4. The molecule has 0 saturated carbocycles. The Bertz CT molecular complexity index is 978. The first kappa shape index (κ1) is 19.2. The Morgan fingerprint density at radius 1 is 1.04 bits per heavy atom. The molecule has 2 aromatic carbocycles. The predicted molar refractivity (Wildman–Crippen MR) is 108 cm³/mol. The van der Waals surface area contributed by atoms with Gasteiger partial charge >= 0.3 is 6.03 Å². The molecule has 0 fully saturated rings. The van der Waals surface area contributed by atoms with Gasteiger partial charge in [-0.3, -0.25) is 4.79 Å². The molecule has 3 amide bonds. The third-order valence-electron chi connectivity index (χ3n) is 4.49. The van der Waals surface area contributed by atoms with Crippen molar-refractivity contribution in [1.82, 2.24) is 15.1 Å². The van der Waals surface area contributed by atoms with Crippen molar-refractivity contribution in [3.8, 4) is 5.69 Å². The van der Waals surface area contributed by atoms with Gasteiger partial charge in [-0.1, -0.05) is 30.3 Å². The van der Waals surface area contributed by atoms with Crippen LogP contribution >= 0.6 is 0 Å². The molecule has 0 unspecified atom stereocenters. The van der Waals surface area contributed by atoms with Crippen LogP contribution in [0.3, 0.4) is 0 Å². The molecule has 7 nitrogen and oxygen atoms in total. The Morgan fingerprint density at radius 3 is 2.36 bits per heavy atom. The molecule has 0 aliphatic rings. The lowest BCUT2D eigenvalue weighted by molar-refractivity contribution is -0.120. The van der Waals surface area contributed by atoms with E-state index < -0.39 is 6.03 Å². The Kier molecular flexibility index (Phi) is 5.74. The van der Waals surface area contributed by atoms with E-state index in [0.717, 1.165) is 28.2 Å². The van der Waals surface area contributed by atoms with E-state index in [9.17, 15) is 9.59 Å². The molecule has 28 heavy (non-hydrogen) atoms. The maximum atomic E-state index is 12.4. The van der Waals surface area contributed by atoms with Gasteiger partial charge in [0, 0.05) is 23.5 Å². The minimum atomic E-state index is -0.608. The highest BCUT2D eigenvalue weighted by Gasteiger charge is 2.15. The monoisotopic (exact) mass is 377 g/mol. The Labute approximate surface area is 163 Å². The number of primary amides is 1. The maximum Gasteiger partial charge on any atom is 0.316 e. The normalized spacial score (nSPS) is 10.5. The van der Waals surface area contributed by atoms with E-state index in [1.54, 1.807) is 12.1 Å². The molecule has 4 N–H and O–H groups in total. The van der Waals surface area contributed by atoms with Crippen LogP contribution in [0.2, 0.25) is 0 Å². The van der Waals surface area contributed by atoms with Crippen LogP contribution in [0.25, 0.3) is 5.69 Å². The number of hydrogen-bond acceptors (Lipinski definition) is 3. The van der Waals surface area contributed by atoms with Crippen LogP contribution in [0.1, 0.15) is 22.5 Å². The summed E-state index contributed by atoms with van der Waals surface area (Å²) in [5, 5.41) is 10.0. The summed E-state index contributed by atoms with van der Waals surface area (Å²) >= 11 is 0. The number of nitrogens with one attached hydrogen (secondary N) is 2. The molecule has 7 heteroatoms. The first-order chi connectivity index (χ1) is 13.4. The van der Waals surface area contributed by atoms with Gasteiger partial charge in [0.05, 0.1) is 17.8 Å². The summed E-state index contributed by atoms with van der Waals surface area (Å²) < 4.78 is 1.86. The predicted octanol–water partition coefficient (Wildman–Crippen LogP) is 2.84.